The highest BCUT2D eigenvalue weighted by atomic mass is 32.1. The quantitative estimate of drug-likeness (QED) is 0.324. The van der Waals surface area contributed by atoms with E-state index in [1.807, 2.05) is 0 Å². The molecule has 0 aromatic heterocycles. The minimum absolute atomic E-state index is 0.118. The van der Waals surface area contributed by atoms with Crippen molar-refractivity contribution in [3.63, 3.8) is 0 Å². The summed E-state index contributed by atoms with van der Waals surface area (Å²) in [7, 11) is 0. The molecule has 0 aromatic rings. The second-order valence-corrected chi connectivity index (χ2v) is 2.37. The van der Waals surface area contributed by atoms with Crippen molar-refractivity contribution in [2.24, 2.45) is 0 Å². The van der Waals surface area contributed by atoms with E-state index in [-0.39, 0.29) is 12.1 Å². The molecular weight excluding hydrogens is 150 g/mol. The van der Waals surface area contributed by atoms with Crippen LogP contribution in [-0.2, 0) is 0 Å². The van der Waals surface area contributed by atoms with Crippen LogP contribution in [-0.4, -0.2) is 9.79 Å². The third-order valence-electron chi connectivity index (χ3n) is 1.08. The van der Waals surface area contributed by atoms with E-state index in [1.165, 1.54) is 6.08 Å². The van der Waals surface area contributed by atoms with Crippen LogP contribution in [0.5, 0.6) is 0 Å². The molecule has 0 aromatic carbocycles. The zero-order valence-electron chi connectivity index (χ0n) is 5.03. The smallest absolute Gasteiger partial charge is 0.252 e. The molecule has 0 unspecified atom stereocenters. The van der Waals surface area contributed by atoms with E-state index in [0.717, 1.165) is 0 Å². The molecule has 0 aliphatic heterocycles. The lowest BCUT2D eigenvalue weighted by atomic mass is 10.1. The Bertz CT molecular complexity index is 242. The van der Waals surface area contributed by atoms with Crippen molar-refractivity contribution in [1.82, 2.24) is 0 Å². The fourth-order valence-electron chi connectivity index (χ4n) is 0.629. The van der Waals surface area contributed by atoms with Crippen molar-refractivity contribution in [3.05, 3.63) is 34.0 Å². The molecule has 4 heteroatoms. The third-order valence-corrected chi connectivity index (χ3v) is 1.35. The van der Waals surface area contributed by atoms with Gasteiger partial charge in [0.1, 0.15) is 0 Å². The number of hydrogen-bond acceptors (Lipinski definition) is 3. The van der Waals surface area contributed by atoms with Gasteiger partial charge in [-0.05, 0) is 12.2 Å². The summed E-state index contributed by atoms with van der Waals surface area (Å²) in [4.78, 5) is 10.2. The molecule has 0 amide bonds. The maximum absolute atomic E-state index is 10.1. The van der Waals surface area contributed by atoms with E-state index >= 15 is 0 Å². The summed E-state index contributed by atoms with van der Waals surface area (Å²) in [6, 6.07) is 0. The van der Waals surface area contributed by atoms with Gasteiger partial charge in [0.25, 0.3) is 5.70 Å². The first-order valence-electron chi connectivity index (χ1n) is 2.65. The van der Waals surface area contributed by atoms with Crippen molar-refractivity contribution in [2.45, 2.75) is 6.42 Å². The van der Waals surface area contributed by atoms with E-state index in [0.29, 0.717) is 4.86 Å². The van der Waals surface area contributed by atoms with E-state index in [2.05, 4.69) is 6.08 Å². The number of hydrogen-bond donors (Lipinski definition) is 0. The van der Waals surface area contributed by atoms with Crippen LogP contribution in [0.1, 0.15) is 6.42 Å². The SMILES string of the molecule is O=[N+]([O-])C1=C[C]=CC(=S)C1. The lowest BCUT2D eigenvalue weighted by Gasteiger charge is -1.98. The first kappa shape index (κ1) is 7.08. The fraction of sp³-hybridized carbons (Fsp3) is 0.167. The highest BCUT2D eigenvalue weighted by molar-refractivity contribution is 7.80. The van der Waals surface area contributed by atoms with E-state index in [9.17, 15) is 10.1 Å². The zero-order valence-corrected chi connectivity index (χ0v) is 5.85. The Morgan fingerprint density at radius 2 is 2.50 bits per heavy atom. The van der Waals surface area contributed by atoms with E-state index in [4.69, 9.17) is 12.2 Å². The van der Waals surface area contributed by atoms with Crippen molar-refractivity contribution >= 4 is 17.1 Å². The summed E-state index contributed by atoms with van der Waals surface area (Å²) in [6.45, 7) is 0. The van der Waals surface area contributed by atoms with Gasteiger partial charge in [-0.3, -0.25) is 10.1 Å². The molecule has 0 fully saturated rings. The molecule has 0 spiro atoms. The second-order valence-electron chi connectivity index (χ2n) is 1.85. The van der Waals surface area contributed by atoms with Crippen molar-refractivity contribution in [2.75, 3.05) is 0 Å². The van der Waals surface area contributed by atoms with Crippen LogP contribution in [0.4, 0.5) is 0 Å². The minimum atomic E-state index is -0.438. The average molecular weight is 154 g/mol. The van der Waals surface area contributed by atoms with Crippen LogP contribution in [0, 0.1) is 16.2 Å². The molecule has 10 heavy (non-hydrogen) atoms. The average Bonchev–Trinajstić information content (AvgIpc) is 1.88. The predicted octanol–water partition coefficient (Wildman–Crippen LogP) is 1.28. The third kappa shape index (κ3) is 1.48. The maximum atomic E-state index is 10.1. The first-order chi connectivity index (χ1) is 4.70. The highest BCUT2D eigenvalue weighted by Gasteiger charge is 2.13. The molecule has 1 aliphatic rings. The highest BCUT2D eigenvalue weighted by Crippen LogP contribution is 2.09. The van der Waals surface area contributed by atoms with Crippen LogP contribution in [0.2, 0.25) is 0 Å². The zero-order chi connectivity index (χ0) is 7.56. The van der Waals surface area contributed by atoms with Gasteiger partial charge in [-0.25, -0.2) is 0 Å². The molecule has 0 atom stereocenters. The van der Waals surface area contributed by atoms with Gasteiger partial charge in [0.15, 0.2) is 0 Å². The Hall–Kier alpha value is -1.03. The lowest BCUT2D eigenvalue weighted by Crippen LogP contribution is -2.05. The fourth-order valence-corrected chi connectivity index (χ4v) is 0.845. The standard InChI is InChI=1S/C6H4NO2S/c8-7(9)5-2-1-3-6(10)4-5/h2-3H,4H2. The van der Waals surface area contributed by atoms with Crippen molar-refractivity contribution in [3.8, 4) is 0 Å². The normalized spacial score (nSPS) is 16.8. The summed E-state index contributed by atoms with van der Waals surface area (Å²) in [5.74, 6) is 0. The monoisotopic (exact) mass is 154 g/mol. The molecule has 0 saturated carbocycles. The number of allylic oxidation sites excluding steroid dienone is 4. The van der Waals surface area contributed by atoms with Gasteiger partial charge in [0.2, 0.25) is 0 Å². The van der Waals surface area contributed by atoms with Gasteiger partial charge in [0, 0.05) is 10.9 Å². The van der Waals surface area contributed by atoms with E-state index < -0.39 is 4.92 Å². The molecule has 0 bridgehead atoms. The molecule has 0 heterocycles. The summed E-state index contributed by atoms with van der Waals surface area (Å²) in [5, 5.41) is 10.1. The molecule has 0 saturated heterocycles. The summed E-state index contributed by atoms with van der Waals surface area (Å²) in [5.41, 5.74) is 0.118. The maximum Gasteiger partial charge on any atom is 0.252 e. The van der Waals surface area contributed by atoms with Crippen LogP contribution in [0.3, 0.4) is 0 Å². The van der Waals surface area contributed by atoms with Gasteiger partial charge in [-0.1, -0.05) is 12.2 Å². The molecule has 0 N–H and O–H groups in total. The molecule has 1 rings (SSSR count). The van der Waals surface area contributed by atoms with Crippen molar-refractivity contribution < 1.29 is 4.92 Å². The Kier molecular flexibility index (Phi) is 1.91. The van der Waals surface area contributed by atoms with Gasteiger partial charge in [-0.2, -0.15) is 0 Å². The topological polar surface area (TPSA) is 43.1 Å². The Labute approximate surface area is 63.2 Å². The Morgan fingerprint density at radius 3 is 2.90 bits per heavy atom. The summed E-state index contributed by atoms with van der Waals surface area (Å²) >= 11 is 4.74. The Morgan fingerprint density at radius 1 is 1.80 bits per heavy atom. The molecule has 51 valence electrons. The first-order valence-corrected chi connectivity index (χ1v) is 3.06. The van der Waals surface area contributed by atoms with Crippen LogP contribution in [0.15, 0.2) is 17.8 Å². The van der Waals surface area contributed by atoms with Crippen LogP contribution >= 0.6 is 12.2 Å². The minimum Gasteiger partial charge on any atom is -0.259 e. The van der Waals surface area contributed by atoms with Gasteiger partial charge in [-0.15, -0.1) is 0 Å². The summed E-state index contributed by atoms with van der Waals surface area (Å²) < 4.78 is 0. The van der Waals surface area contributed by atoms with Crippen LogP contribution in [0.25, 0.3) is 0 Å². The number of rotatable bonds is 1. The van der Waals surface area contributed by atoms with E-state index in [1.54, 1.807) is 6.08 Å². The van der Waals surface area contributed by atoms with Crippen LogP contribution < -0.4 is 0 Å². The molecule has 1 radical (unpaired) electrons. The van der Waals surface area contributed by atoms with Gasteiger partial charge < -0.3 is 0 Å². The lowest BCUT2D eigenvalue weighted by molar-refractivity contribution is -0.426. The van der Waals surface area contributed by atoms with Gasteiger partial charge in [0.05, 0.1) is 11.3 Å². The van der Waals surface area contributed by atoms with Crippen molar-refractivity contribution in [1.29, 1.82) is 0 Å². The summed E-state index contributed by atoms with van der Waals surface area (Å²) in [6.07, 6.45) is 5.77. The largest absolute Gasteiger partial charge is 0.259 e. The number of thiocarbonyl (C=S) groups is 1. The number of nitro groups is 1. The molecule has 1 aliphatic carbocycles. The second kappa shape index (κ2) is 2.70. The molecule has 3 nitrogen and oxygen atoms in total. The Balaban J connectivity index is 2.80. The van der Waals surface area contributed by atoms with Gasteiger partial charge >= 0.3 is 0 Å². The number of nitrogens with zero attached hydrogens (tertiary/aromatic N) is 1. The molecular formula is C6H4NO2S. The predicted molar refractivity (Wildman–Crippen MR) is 40.1 cm³/mol.